The van der Waals surface area contributed by atoms with Crippen molar-refractivity contribution in [3.8, 4) is 11.4 Å². The Hall–Kier alpha value is -1.89. The number of hydrogen-bond acceptors (Lipinski definition) is 5. The summed E-state index contributed by atoms with van der Waals surface area (Å²) in [5, 5.41) is 12.5. The summed E-state index contributed by atoms with van der Waals surface area (Å²) in [7, 11) is 0. The van der Waals surface area contributed by atoms with Gasteiger partial charge in [-0.1, -0.05) is 31.5 Å². The van der Waals surface area contributed by atoms with Crippen LogP contribution in [0.4, 0.5) is 0 Å². The summed E-state index contributed by atoms with van der Waals surface area (Å²) in [5.41, 5.74) is 0.970. The number of aromatic nitrogens is 4. The summed E-state index contributed by atoms with van der Waals surface area (Å²) in [6, 6.07) is 4.30. The predicted octanol–water partition coefficient (Wildman–Crippen LogP) is 3.32. The van der Waals surface area contributed by atoms with Crippen LogP contribution in [0.1, 0.15) is 45.6 Å². The zero-order valence-electron chi connectivity index (χ0n) is 14.8. The zero-order chi connectivity index (χ0) is 17.6. The Kier molecular flexibility index (Phi) is 6.07. The van der Waals surface area contributed by atoms with Crippen LogP contribution in [0.15, 0.2) is 29.7 Å². The van der Waals surface area contributed by atoms with Crippen molar-refractivity contribution < 1.29 is 4.79 Å². The SMILES string of the molecule is CCNC(=O)CSc1nnc(-c2cccnc2)n1[C@@H]1CCCC[C@@H]1C. The van der Waals surface area contributed by atoms with Crippen LogP contribution >= 0.6 is 11.8 Å². The molecule has 1 aliphatic carbocycles. The van der Waals surface area contributed by atoms with Crippen molar-refractivity contribution in [2.45, 2.75) is 50.7 Å². The molecule has 7 heteroatoms. The highest BCUT2D eigenvalue weighted by Gasteiger charge is 2.28. The number of thioether (sulfide) groups is 1. The number of pyridine rings is 1. The van der Waals surface area contributed by atoms with E-state index in [1.165, 1.54) is 31.0 Å². The molecule has 134 valence electrons. The van der Waals surface area contributed by atoms with E-state index < -0.39 is 0 Å². The van der Waals surface area contributed by atoms with Crippen molar-refractivity contribution in [1.82, 2.24) is 25.1 Å². The molecule has 25 heavy (non-hydrogen) atoms. The van der Waals surface area contributed by atoms with Crippen molar-refractivity contribution in [2.24, 2.45) is 5.92 Å². The lowest BCUT2D eigenvalue weighted by Gasteiger charge is -2.31. The number of nitrogens with one attached hydrogen (secondary N) is 1. The summed E-state index contributed by atoms with van der Waals surface area (Å²) in [6.07, 6.45) is 8.44. The lowest BCUT2D eigenvalue weighted by atomic mass is 9.85. The molecule has 2 heterocycles. The normalized spacial score (nSPS) is 20.4. The van der Waals surface area contributed by atoms with E-state index in [-0.39, 0.29) is 5.91 Å². The molecule has 0 bridgehead atoms. The van der Waals surface area contributed by atoms with Gasteiger partial charge in [-0.15, -0.1) is 10.2 Å². The lowest BCUT2D eigenvalue weighted by molar-refractivity contribution is -0.118. The molecule has 6 nitrogen and oxygen atoms in total. The number of nitrogens with zero attached hydrogens (tertiary/aromatic N) is 4. The third-order valence-electron chi connectivity index (χ3n) is 4.69. The van der Waals surface area contributed by atoms with E-state index in [4.69, 9.17) is 0 Å². The van der Waals surface area contributed by atoms with Crippen LogP contribution in [-0.4, -0.2) is 38.0 Å². The highest BCUT2D eigenvalue weighted by Crippen LogP contribution is 2.38. The predicted molar refractivity (Wildman–Crippen MR) is 99.3 cm³/mol. The van der Waals surface area contributed by atoms with Gasteiger partial charge in [-0.3, -0.25) is 14.3 Å². The van der Waals surface area contributed by atoms with E-state index in [9.17, 15) is 4.79 Å². The van der Waals surface area contributed by atoms with Gasteiger partial charge >= 0.3 is 0 Å². The third-order valence-corrected chi connectivity index (χ3v) is 5.63. The van der Waals surface area contributed by atoms with E-state index in [1.54, 1.807) is 6.20 Å². The van der Waals surface area contributed by atoms with Crippen LogP contribution in [0, 0.1) is 5.92 Å². The maximum atomic E-state index is 11.8. The summed E-state index contributed by atoms with van der Waals surface area (Å²) in [5.74, 6) is 1.82. The number of carbonyl (C=O) groups excluding carboxylic acids is 1. The fourth-order valence-corrected chi connectivity index (χ4v) is 4.25. The topological polar surface area (TPSA) is 72.7 Å². The summed E-state index contributed by atoms with van der Waals surface area (Å²) < 4.78 is 2.24. The molecule has 2 aromatic heterocycles. The van der Waals surface area contributed by atoms with E-state index in [2.05, 4.69) is 32.0 Å². The average Bonchev–Trinajstić information content (AvgIpc) is 3.05. The maximum absolute atomic E-state index is 11.8. The van der Waals surface area contributed by atoms with Crippen LogP contribution in [0.3, 0.4) is 0 Å². The molecule has 2 aromatic rings. The highest BCUT2D eigenvalue weighted by molar-refractivity contribution is 7.99. The van der Waals surface area contributed by atoms with Crippen molar-refractivity contribution in [3.05, 3.63) is 24.5 Å². The minimum absolute atomic E-state index is 0.0293. The standard InChI is InChI=1S/C18H25N5OS/c1-3-20-16(24)12-25-18-22-21-17(14-8-6-10-19-11-14)23(18)15-9-5-4-7-13(15)2/h6,8,10-11,13,15H,3-5,7,9,12H2,1-2H3,(H,20,24)/t13-,15+/m0/s1. The first-order valence-electron chi connectivity index (χ1n) is 8.95. The van der Waals surface area contributed by atoms with Gasteiger partial charge in [-0.25, -0.2) is 0 Å². The van der Waals surface area contributed by atoms with E-state index in [0.29, 0.717) is 24.3 Å². The molecule has 3 rings (SSSR count). The van der Waals surface area contributed by atoms with Gasteiger partial charge in [0.1, 0.15) is 0 Å². The Labute approximate surface area is 152 Å². The third kappa shape index (κ3) is 4.21. The van der Waals surface area contributed by atoms with Gasteiger partial charge in [0, 0.05) is 30.5 Å². The molecular weight excluding hydrogens is 334 g/mol. The maximum Gasteiger partial charge on any atom is 0.230 e. The van der Waals surface area contributed by atoms with Gasteiger partial charge in [0.25, 0.3) is 0 Å². The average molecular weight is 359 g/mol. The number of carbonyl (C=O) groups is 1. The molecule has 1 N–H and O–H groups in total. The molecule has 2 atom stereocenters. The zero-order valence-corrected chi connectivity index (χ0v) is 15.6. The largest absolute Gasteiger partial charge is 0.356 e. The van der Waals surface area contributed by atoms with Crippen LogP contribution in [0.2, 0.25) is 0 Å². The summed E-state index contributed by atoms with van der Waals surface area (Å²) in [6.45, 7) is 4.87. The van der Waals surface area contributed by atoms with Gasteiger partial charge in [0.05, 0.1) is 5.75 Å². The van der Waals surface area contributed by atoms with Crippen molar-refractivity contribution in [3.63, 3.8) is 0 Å². The molecule has 0 radical (unpaired) electrons. The molecule has 1 saturated carbocycles. The fourth-order valence-electron chi connectivity index (χ4n) is 3.42. The Bertz CT molecular complexity index is 703. The van der Waals surface area contributed by atoms with Gasteiger partial charge < -0.3 is 5.32 Å². The molecule has 0 saturated heterocycles. The molecule has 0 aliphatic heterocycles. The fraction of sp³-hybridized carbons (Fsp3) is 0.556. The van der Waals surface area contributed by atoms with Crippen molar-refractivity contribution in [2.75, 3.05) is 12.3 Å². The second-order valence-corrected chi connectivity index (χ2v) is 7.43. The summed E-state index contributed by atoms with van der Waals surface area (Å²) >= 11 is 1.46. The quantitative estimate of drug-likeness (QED) is 0.801. The van der Waals surface area contributed by atoms with E-state index in [1.807, 2.05) is 25.3 Å². The van der Waals surface area contributed by atoms with Crippen LogP contribution in [0.5, 0.6) is 0 Å². The van der Waals surface area contributed by atoms with Crippen LogP contribution in [0.25, 0.3) is 11.4 Å². The first-order valence-corrected chi connectivity index (χ1v) is 9.94. The minimum atomic E-state index is 0.0293. The van der Waals surface area contributed by atoms with Crippen LogP contribution in [-0.2, 0) is 4.79 Å². The van der Waals surface area contributed by atoms with E-state index >= 15 is 0 Å². The van der Waals surface area contributed by atoms with Gasteiger partial charge in [-0.2, -0.15) is 0 Å². The lowest BCUT2D eigenvalue weighted by Crippen LogP contribution is -2.25. The second kappa shape index (κ2) is 8.47. The Morgan fingerprint density at radius 1 is 1.36 bits per heavy atom. The molecule has 1 aliphatic rings. The van der Waals surface area contributed by atoms with Crippen molar-refractivity contribution in [1.29, 1.82) is 0 Å². The first-order chi connectivity index (χ1) is 12.2. The molecular formula is C18H25N5OS. The van der Waals surface area contributed by atoms with Gasteiger partial charge in [0.2, 0.25) is 5.91 Å². The first kappa shape index (κ1) is 17.9. The highest BCUT2D eigenvalue weighted by atomic mass is 32.2. The summed E-state index contributed by atoms with van der Waals surface area (Å²) in [4.78, 5) is 16.1. The Balaban J connectivity index is 1.92. The minimum Gasteiger partial charge on any atom is -0.356 e. The molecule has 1 fully saturated rings. The Morgan fingerprint density at radius 3 is 2.92 bits per heavy atom. The number of hydrogen-bond donors (Lipinski definition) is 1. The molecule has 1 amide bonds. The van der Waals surface area contributed by atoms with Crippen LogP contribution < -0.4 is 5.32 Å². The molecule has 0 spiro atoms. The van der Waals surface area contributed by atoms with Gasteiger partial charge in [0.15, 0.2) is 11.0 Å². The number of rotatable bonds is 6. The monoisotopic (exact) mass is 359 g/mol. The molecule has 0 aromatic carbocycles. The Morgan fingerprint density at radius 2 is 2.20 bits per heavy atom. The number of amides is 1. The van der Waals surface area contributed by atoms with Gasteiger partial charge in [-0.05, 0) is 37.8 Å². The second-order valence-electron chi connectivity index (χ2n) is 6.49. The van der Waals surface area contributed by atoms with Crippen molar-refractivity contribution >= 4 is 17.7 Å². The van der Waals surface area contributed by atoms with E-state index in [0.717, 1.165) is 23.0 Å². The smallest absolute Gasteiger partial charge is 0.230 e. The molecule has 0 unspecified atom stereocenters.